The van der Waals surface area contributed by atoms with Crippen LogP contribution in [0, 0.1) is 12.7 Å². The maximum absolute atomic E-state index is 13.5. The smallest absolute Gasteiger partial charge is 0.123 e. The molecule has 102 valence electrons. The highest BCUT2D eigenvalue weighted by atomic mass is 32.1. The van der Waals surface area contributed by atoms with E-state index in [4.69, 9.17) is 5.84 Å². The van der Waals surface area contributed by atoms with Crippen LogP contribution in [0.5, 0.6) is 0 Å². The first-order valence-electron chi connectivity index (χ1n) is 6.39. The van der Waals surface area contributed by atoms with Gasteiger partial charge in [-0.25, -0.2) is 9.82 Å². The Morgan fingerprint density at radius 3 is 2.70 bits per heavy atom. The number of aryl methyl sites for hydroxylation is 1. The lowest BCUT2D eigenvalue weighted by Crippen LogP contribution is -2.28. The molecule has 0 aliphatic heterocycles. The molecule has 1 aromatic heterocycles. The van der Waals surface area contributed by atoms with Gasteiger partial charge in [0.2, 0.25) is 0 Å². The molecular formula is C16H15FN2S. The summed E-state index contributed by atoms with van der Waals surface area (Å²) in [6.45, 7) is 1.96. The van der Waals surface area contributed by atoms with E-state index >= 15 is 0 Å². The van der Waals surface area contributed by atoms with Gasteiger partial charge in [0.05, 0.1) is 6.04 Å². The number of thiophene rings is 1. The predicted octanol–water partition coefficient (Wildman–Crippen LogP) is 3.90. The van der Waals surface area contributed by atoms with Gasteiger partial charge in [-0.1, -0.05) is 24.3 Å². The third kappa shape index (κ3) is 2.33. The Balaban J connectivity index is 2.11. The molecule has 0 bridgehead atoms. The highest BCUT2D eigenvalue weighted by Gasteiger charge is 2.17. The molecule has 0 aliphatic carbocycles. The lowest BCUT2D eigenvalue weighted by molar-refractivity contribution is 0.606. The Hall–Kier alpha value is -1.75. The summed E-state index contributed by atoms with van der Waals surface area (Å²) in [5.41, 5.74) is 4.70. The molecule has 0 amide bonds. The molecule has 3 rings (SSSR count). The summed E-state index contributed by atoms with van der Waals surface area (Å²) in [7, 11) is 0. The van der Waals surface area contributed by atoms with Crippen LogP contribution in [0.1, 0.15) is 22.0 Å². The van der Waals surface area contributed by atoms with E-state index < -0.39 is 0 Å². The summed E-state index contributed by atoms with van der Waals surface area (Å²) in [5, 5.41) is 1.18. The van der Waals surface area contributed by atoms with E-state index in [0.717, 1.165) is 16.0 Å². The van der Waals surface area contributed by atoms with Crippen LogP contribution in [0.3, 0.4) is 0 Å². The highest BCUT2D eigenvalue weighted by molar-refractivity contribution is 7.19. The molecule has 1 atom stereocenters. The number of hydrogen-bond donors (Lipinski definition) is 2. The Labute approximate surface area is 121 Å². The molecular weight excluding hydrogens is 271 g/mol. The number of halogens is 1. The fourth-order valence-electron chi connectivity index (χ4n) is 2.39. The van der Waals surface area contributed by atoms with Crippen molar-refractivity contribution in [1.29, 1.82) is 0 Å². The molecule has 1 unspecified atom stereocenters. The van der Waals surface area contributed by atoms with E-state index in [0.29, 0.717) is 0 Å². The molecule has 0 saturated carbocycles. The molecule has 0 saturated heterocycles. The second kappa shape index (κ2) is 5.32. The zero-order valence-electron chi connectivity index (χ0n) is 11.1. The minimum atomic E-state index is -0.244. The number of rotatable bonds is 3. The quantitative estimate of drug-likeness (QED) is 0.566. The molecule has 0 aliphatic rings. The molecule has 3 N–H and O–H groups in total. The van der Waals surface area contributed by atoms with Crippen molar-refractivity contribution in [2.24, 2.45) is 5.84 Å². The predicted molar refractivity (Wildman–Crippen MR) is 82.1 cm³/mol. The van der Waals surface area contributed by atoms with Gasteiger partial charge in [0.25, 0.3) is 0 Å². The number of hydrazine groups is 1. The highest BCUT2D eigenvalue weighted by Crippen LogP contribution is 2.34. The van der Waals surface area contributed by atoms with Gasteiger partial charge in [0.1, 0.15) is 5.82 Å². The lowest BCUT2D eigenvalue weighted by Gasteiger charge is -2.17. The van der Waals surface area contributed by atoms with Crippen LogP contribution in [0.4, 0.5) is 4.39 Å². The van der Waals surface area contributed by atoms with Crippen molar-refractivity contribution >= 4 is 21.4 Å². The molecule has 2 aromatic carbocycles. The summed E-state index contributed by atoms with van der Waals surface area (Å²) in [4.78, 5) is 1.09. The van der Waals surface area contributed by atoms with Crippen LogP contribution in [-0.4, -0.2) is 0 Å². The van der Waals surface area contributed by atoms with E-state index in [1.807, 2.05) is 19.1 Å². The van der Waals surface area contributed by atoms with Gasteiger partial charge in [-0.15, -0.1) is 11.3 Å². The summed E-state index contributed by atoms with van der Waals surface area (Å²) in [6.07, 6.45) is 0. The van der Waals surface area contributed by atoms with Gasteiger partial charge in [-0.05, 0) is 47.7 Å². The van der Waals surface area contributed by atoms with Crippen LogP contribution in [0.15, 0.2) is 48.5 Å². The molecule has 2 nitrogen and oxygen atoms in total. The van der Waals surface area contributed by atoms with Crippen molar-refractivity contribution in [3.05, 3.63) is 70.4 Å². The monoisotopic (exact) mass is 286 g/mol. The summed E-state index contributed by atoms with van der Waals surface area (Å²) < 4.78 is 14.7. The van der Waals surface area contributed by atoms with E-state index in [2.05, 4.69) is 23.6 Å². The number of benzene rings is 2. The first kappa shape index (κ1) is 13.2. The zero-order valence-corrected chi connectivity index (χ0v) is 11.9. The third-order valence-electron chi connectivity index (χ3n) is 3.45. The van der Waals surface area contributed by atoms with Crippen molar-refractivity contribution < 1.29 is 4.39 Å². The normalized spacial score (nSPS) is 12.8. The number of fused-ring (bicyclic) bond motifs is 1. The van der Waals surface area contributed by atoms with Crippen molar-refractivity contribution in [1.82, 2.24) is 5.43 Å². The number of hydrogen-bond acceptors (Lipinski definition) is 3. The lowest BCUT2D eigenvalue weighted by atomic mass is 10.00. The van der Waals surface area contributed by atoms with Gasteiger partial charge < -0.3 is 0 Å². The van der Waals surface area contributed by atoms with E-state index in [9.17, 15) is 4.39 Å². The Morgan fingerprint density at radius 2 is 1.95 bits per heavy atom. The summed E-state index contributed by atoms with van der Waals surface area (Å²) in [5.74, 6) is 5.47. The van der Waals surface area contributed by atoms with Gasteiger partial charge in [-0.2, -0.15) is 0 Å². The van der Waals surface area contributed by atoms with E-state index in [-0.39, 0.29) is 11.9 Å². The van der Waals surface area contributed by atoms with Crippen LogP contribution >= 0.6 is 11.3 Å². The van der Waals surface area contributed by atoms with E-state index in [1.165, 1.54) is 16.2 Å². The molecule has 0 fully saturated rings. The first-order chi connectivity index (χ1) is 9.69. The van der Waals surface area contributed by atoms with E-state index in [1.54, 1.807) is 23.5 Å². The summed E-state index contributed by atoms with van der Waals surface area (Å²) in [6, 6.07) is 14.9. The Kier molecular flexibility index (Phi) is 3.53. The average molecular weight is 286 g/mol. The van der Waals surface area contributed by atoms with Crippen molar-refractivity contribution in [3.63, 3.8) is 0 Å². The minimum Gasteiger partial charge on any atom is -0.271 e. The van der Waals surface area contributed by atoms with Gasteiger partial charge in [-0.3, -0.25) is 5.84 Å². The fourth-order valence-corrected chi connectivity index (χ4v) is 3.54. The van der Waals surface area contributed by atoms with Gasteiger partial charge >= 0.3 is 0 Å². The Morgan fingerprint density at radius 1 is 1.15 bits per heavy atom. The zero-order chi connectivity index (χ0) is 14.1. The molecule has 20 heavy (non-hydrogen) atoms. The third-order valence-corrected chi connectivity index (χ3v) is 4.63. The van der Waals surface area contributed by atoms with Crippen molar-refractivity contribution in [3.8, 4) is 0 Å². The SMILES string of the molecule is Cc1ccc(F)cc1C(NN)c1cc2ccccc2s1. The summed E-state index contributed by atoms with van der Waals surface area (Å²) >= 11 is 1.67. The second-order valence-electron chi connectivity index (χ2n) is 4.79. The average Bonchev–Trinajstić information content (AvgIpc) is 2.87. The second-order valence-corrected chi connectivity index (χ2v) is 5.90. The van der Waals surface area contributed by atoms with Crippen LogP contribution in [0.25, 0.3) is 10.1 Å². The maximum Gasteiger partial charge on any atom is 0.123 e. The minimum absolute atomic E-state index is 0.192. The van der Waals surface area contributed by atoms with Gasteiger partial charge in [0, 0.05) is 9.58 Å². The van der Waals surface area contributed by atoms with Crippen molar-refractivity contribution in [2.45, 2.75) is 13.0 Å². The van der Waals surface area contributed by atoms with Crippen molar-refractivity contribution in [2.75, 3.05) is 0 Å². The molecule has 1 heterocycles. The maximum atomic E-state index is 13.5. The number of nitrogens with two attached hydrogens (primary N) is 1. The fraction of sp³-hybridized carbons (Fsp3) is 0.125. The van der Waals surface area contributed by atoms with Crippen LogP contribution in [-0.2, 0) is 0 Å². The molecule has 4 heteroatoms. The van der Waals surface area contributed by atoms with Gasteiger partial charge in [0.15, 0.2) is 0 Å². The first-order valence-corrected chi connectivity index (χ1v) is 7.21. The Bertz CT molecular complexity index is 718. The molecule has 3 aromatic rings. The molecule has 0 radical (unpaired) electrons. The standard InChI is InChI=1S/C16H15FN2S/c1-10-6-7-12(17)9-13(10)16(19-18)15-8-11-4-2-3-5-14(11)20-15/h2-9,16,19H,18H2,1H3. The topological polar surface area (TPSA) is 38.0 Å². The van der Waals surface area contributed by atoms with Crippen LogP contribution in [0.2, 0.25) is 0 Å². The van der Waals surface area contributed by atoms with Crippen LogP contribution < -0.4 is 11.3 Å². The largest absolute Gasteiger partial charge is 0.271 e. The molecule has 0 spiro atoms. The number of nitrogens with one attached hydrogen (secondary N) is 1.